The van der Waals surface area contributed by atoms with Gasteiger partial charge in [-0.05, 0) is 32.9 Å². The molecule has 2 aromatic heterocycles. The summed E-state index contributed by atoms with van der Waals surface area (Å²) in [6, 6.07) is 10.0. The van der Waals surface area contributed by atoms with Gasteiger partial charge in [0.15, 0.2) is 5.96 Å². The van der Waals surface area contributed by atoms with E-state index in [0.29, 0.717) is 24.9 Å². The molecule has 3 rings (SSSR count). The molecule has 0 atom stereocenters. The molecule has 8 heteroatoms. The molecule has 0 saturated carbocycles. The van der Waals surface area contributed by atoms with Gasteiger partial charge >= 0.3 is 0 Å². The second kappa shape index (κ2) is 10.1. The molecule has 0 radical (unpaired) electrons. The van der Waals surface area contributed by atoms with Crippen LogP contribution < -0.4 is 10.6 Å². The number of nitrogens with zero attached hydrogens (tertiary/aromatic N) is 4. The van der Waals surface area contributed by atoms with Gasteiger partial charge in [0, 0.05) is 18.3 Å². The molecular weight excluding hydrogens is 455 g/mol. The first-order valence-electron chi connectivity index (χ1n) is 8.69. The van der Waals surface area contributed by atoms with E-state index in [0.717, 1.165) is 29.2 Å². The van der Waals surface area contributed by atoms with Gasteiger partial charge in [0.25, 0.3) is 0 Å². The van der Waals surface area contributed by atoms with Gasteiger partial charge in [0.2, 0.25) is 5.89 Å². The summed E-state index contributed by atoms with van der Waals surface area (Å²) in [4.78, 5) is 8.98. The van der Waals surface area contributed by atoms with Crippen molar-refractivity contribution in [3.63, 3.8) is 0 Å². The number of nitrogens with one attached hydrogen (secondary N) is 2. The number of rotatable bonds is 6. The summed E-state index contributed by atoms with van der Waals surface area (Å²) >= 11 is 0. The number of halogens is 1. The fourth-order valence-corrected chi connectivity index (χ4v) is 2.45. The molecule has 0 amide bonds. The molecular formula is C19H25IN6O. The minimum absolute atomic E-state index is 0. The molecule has 0 fully saturated rings. The zero-order chi connectivity index (χ0) is 18.4. The molecule has 27 heavy (non-hydrogen) atoms. The van der Waals surface area contributed by atoms with Crippen LogP contribution in [0.15, 0.2) is 52.1 Å². The van der Waals surface area contributed by atoms with Crippen LogP contribution in [0.5, 0.6) is 0 Å². The van der Waals surface area contributed by atoms with Crippen LogP contribution in [0.2, 0.25) is 0 Å². The molecule has 0 aliphatic rings. The second-order valence-electron chi connectivity index (χ2n) is 5.93. The van der Waals surface area contributed by atoms with Crippen molar-refractivity contribution in [3.05, 3.63) is 65.6 Å². The summed E-state index contributed by atoms with van der Waals surface area (Å²) in [5, 5.41) is 10.9. The topological polar surface area (TPSA) is 80.3 Å². The fraction of sp³-hybridized carbons (Fsp3) is 0.316. The average molecular weight is 480 g/mol. The Morgan fingerprint density at radius 2 is 1.96 bits per heavy atom. The van der Waals surface area contributed by atoms with Crippen molar-refractivity contribution in [1.82, 2.24) is 25.4 Å². The Kier molecular flexibility index (Phi) is 7.83. The number of aromatic nitrogens is 3. The van der Waals surface area contributed by atoms with Crippen LogP contribution in [0.1, 0.15) is 29.8 Å². The lowest BCUT2D eigenvalue weighted by Gasteiger charge is -2.09. The Labute approximate surface area is 176 Å². The molecule has 3 aromatic rings. The molecule has 144 valence electrons. The quantitative estimate of drug-likeness (QED) is 0.322. The monoisotopic (exact) mass is 480 g/mol. The van der Waals surface area contributed by atoms with E-state index in [-0.39, 0.29) is 24.0 Å². The van der Waals surface area contributed by atoms with E-state index in [1.165, 1.54) is 0 Å². The van der Waals surface area contributed by atoms with E-state index in [9.17, 15) is 0 Å². The SMILES string of the molecule is CCNC(=NCc1cnn(-c2ccccc2)c1)NCc1nc(C)c(C)o1.I. The van der Waals surface area contributed by atoms with E-state index in [2.05, 4.69) is 25.7 Å². The van der Waals surface area contributed by atoms with E-state index in [1.54, 1.807) is 0 Å². The van der Waals surface area contributed by atoms with Crippen LogP contribution in [-0.2, 0) is 13.1 Å². The van der Waals surface area contributed by atoms with Gasteiger partial charge in [-0.2, -0.15) is 5.10 Å². The number of para-hydroxylation sites is 1. The molecule has 0 unspecified atom stereocenters. The molecule has 0 saturated heterocycles. The largest absolute Gasteiger partial charge is 0.444 e. The minimum Gasteiger partial charge on any atom is -0.444 e. The zero-order valence-electron chi connectivity index (χ0n) is 15.8. The highest BCUT2D eigenvalue weighted by Gasteiger charge is 2.07. The maximum Gasteiger partial charge on any atom is 0.214 e. The summed E-state index contributed by atoms with van der Waals surface area (Å²) in [5.74, 6) is 2.22. The third kappa shape index (κ3) is 5.81. The highest BCUT2D eigenvalue weighted by atomic mass is 127. The second-order valence-corrected chi connectivity index (χ2v) is 5.93. The molecule has 0 aliphatic carbocycles. The number of hydrogen-bond acceptors (Lipinski definition) is 4. The number of aryl methyl sites for hydroxylation is 2. The summed E-state index contributed by atoms with van der Waals surface area (Å²) in [7, 11) is 0. The van der Waals surface area contributed by atoms with E-state index >= 15 is 0 Å². The van der Waals surface area contributed by atoms with Gasteiger partial charge in [0.1, 0.15) is 5.76 Å². The van der Waals surface area contributed by atoms with Crippen LogP contribution in [0.4, 0.5) is 0 Å². The molecule has 1 aromatic carbocycles. The molecule has 7 nitrogen and oxygen atoms in total. The van der Waals surface area contributed by atoms with E-state index in [4.69, 9.17) is 4.42 Å². The number of hydrogen-bond donors (Lipinski definition) is 2. The predicted octanol–water partition coefficient (Wildman–Crippen LogP) is 3.35. The summed E-state index contributed by atoms with van der Waals surface area (Å²) in [6.07, 6.45) is 3.82. The lowest BCUT2D eigenvalue weighted by Crippen LogP contribution is -2.36. The number of guanidine groups is 1. The van der Waals surface area contributed by atoms with Crippen molar-refractivity contribution in [2.24, 2.45) is 4.99 Å². The van der Waals surface area contributed by atoms with Crippen molar-refractivity contribution in [2.45, 2.75) is 33.9 Å². The van der Waals surface area contributed by atoms with Crippen molar-refractivity contribution in [1.29, 1.82) is 0 Å². The molecule has 0 spiro atoms. The first-order chi connectivity index (χ1) is 12.7. The molecule has 2 heterocycles. The summed E-state index contributed by atoms with van der Waals surface area (Å²) < 4.78 is 7.44. The van der Waals surface area contributed by atoms with Gasteiger partial charge in [-0.1, -0.05) is 18.2 Å². The minimum atomic E-state index is 0. The maximum absolute atomic E-state index is 5.59. The Bertz CT molecular complexity index is 852. The van der Waals surface area contributed by atoms with Crippen molar-refractivity contribution < 1.29 is 4.42 Å². The molecule has 2 N–H and O–H groups in total. The van der Waals surface area contributed by atoms with Gasteiger partial charge < -0.3 is 15.1 Å². The first kappa shape index (κ1) is 20.9. The highest BCUT2D eigenvalue weighted by Crippen LogP contribution is 2.09. The lowest BCUT2D eigenvalue weighted by atomic mass is 10.3. The number of benzene rings is 1. The summed E-state index contributed by atoms with van der Waals surface area (Å²) in [5.41, 5.74) is 2.98. The zero-order valence-corrected chi connectivity index (χ0v) is 18.1. The van der Waals surface area contributed by atoms with Crippen LogP contribution >= 0.6 is 24.0 Å². The Balaban J connectivity index is 0.00000261. The Hall–Kier alpha value is -2.36. The Morgan fingerprint density at radius 1 is 1.19 bits per heavy atom. The third-order valence-corrected chi connectivity index (χ3v) is 3.90. The van der Waals surface area contributed by atoms with Crippen LogP contribution in [-0.4, -0.2) is 27.3 Å². The standard InChI is InChI=1S/C19H24N6O.HI/c1-4-20-19(22-12-18-24-14(2)15(3)26-18)21-10-16-11-23-25(13-16)17-8-6-5-7-9-17;/h5-9,11,13H,4,10,12H2,1-3H3,(H2,20,21,22);1H. The van der Waals surface area contributed by atoms with E-state index < -0.39 is 0 Å². The van der Waals surface area contributed by atoms with Gasteiger partial charge in [0.05, 0.1) is 30.7 Å². The van der Waals surface area contributed by atoms with Gasteiger partial charge in [-0.25, -0.2) is 14.7 Å². The van der Waals surface area contributed by atoms with Crippen LogP contribution in [0.3, 0.4) is 0 Å². The lowest BCUT2D eigenvalue weighted by molar-refractivity contribution is 0.463. The van der Waals surface area contributed by atoms with Gasteiger partial charge in [-0.3, -0.25) is 0 Å². The highest BCUT2D eigenvalue weighted by molar-refractivity contribution is 14.0. The average Bonchev–Trinajstić information content (AvgIpc) is 3.25. The maximum atomic E-state index is 5.59. The number of oxazole rings is 1. The van der Waals surface area contributed by atoms with Crippen molar-refractivity contribution in [3.8, 4) is 5.69 Å². The summed E-state index contributed by atoms with van der Waals surface area (Å²) in [6.45, 7) is 7.68. The smallest absolute Gasteiger partial charge is 0.214 e. The first-order valence-corrected chi connectivity index (χ1v) is 8.69. The van der Waals surface area contributed by atoms with Crippen molar-refractivity contribution in [2.75, 3.05) is 6.54 Å². The molecule has 0 aliphatic heterocycles. The fourth-order valence-electron chi connectivity index (χ4n) is 2.45. The molecule has 0 bridgehead atoms. The van der Waals surface area contributed by atoms with Gasteiger partial charge in [-0.15, -0.1) is 24.0 Å². The normalized spacial score (nSPS) is 11.1. The third-order valence-electron chi connectivity index (χ3n) is 3.90. The Morgan fingerprint density at radius 3 is 2.63 bits per heavy atom. The van der Waals surface area contributed by atoms with Crippen LogP contribution in [0.25, 0.3) is 5.69 Å². The van der Waals surface area contributed by atoms with Crippen LogP contribution in [0, 0.1) is 13.8 Å². The van der Waals surface area contributed by atoms with E-state index in [1.807, 2.05) is 68.2 Å². The number of aliphatic imine (C=N–C) groups is 1. The van der Waals surface area contributed by atoms with Crippen molar-refractivity contribution >= 4 is 29.9 Å². The predicted molar refractivity (Wildman–Crippen MR) is 117 cm³/mol.